The second kappa shape index (κ2) is 5.95. The third-order valence-corrected chi connectivity index (χ3v) is 2.63. The summed E-state index contributed by atoms with van der Waals surface area (Å²) < 4.78 is 1.44. The quantitative estimate of drug-likeness (QED) is 0.678. The van der Waals surface area contributed by atoms with E-state index in [1.165, 1.54) is 16.4 Å². The molecule has 0 radical (unpaired) electrons. The van der Waals surface area contributed by atoms with Crippen LogP contribution in [0.25, 0.3) is 10.9 Å². The highest BCUT2D eigenvalue weighted by molar-refractivity contribution is 5.77. The van der Waals surface area contributed by atoms with Gasteiger partial charge in [-0.2, -0.15) is 0 Å². The normalized spacial score (nSPS) is 10.3. The van der Waals surface area contributed by atoms with Crippen molar-refractivity contribution < 1.29 is 0 Å². The number of benzene rings is 1. The lowest BCUT2D eigenvalue weighted by Gasteiger charge is -2.00. The minimum atomic E-state index is 0.345. The molecule has 98 valence electrons. The van der Waals surface area contributed by atoms with E-state index >= 15 is 0 Å². The van der Waals surface area contributed by atoms with Crippen molar-refractivity contribution in [3.05, 3.63) is 54.7 Å². The second-order valence-corrected chi connectivity index (χ2v) is 4.45. The number of hydrogen-bond donors (Lipinski definition) is 1. The standard InChI is InChI=1S/C9H7N.C5H10N4/c1-2-6-9-8(4-1)5-3-7-10-9;1-4(2)5-8-7-3-9(5)6/h1-7H;3-4H,6H2,1-2H3. The summed E-state index contributed by atoms with van der Waals surface area (Å²) in [5.74, 6) is 6.59. The summed E-state index contributed by atoms with van der Waals surface area (Å²) in [6.45, 7) is 4.04. The molecule has 1 aromatic carbocycles. The maximum absolute atomic E-state index is 5.43. The number of hydrogen-bond acceptors (Lipinski definition) is 4. The molecule has 0 unspecified atom stereocenters. The SMILES string of the molecule is CC(C)c1nncn1N.c1ccc2ncccc2c1. The molecule has 3 rings (SSSR count). The fourth-order valence-electron chi connectivity index (χ4n) is 1.68. The van der Waals surface area contributed by atoms with Crippen LogP contribution in [0.1, 0.15) is 25.6 Å². The first kappa shape index (κ1) is 13.0. The Bertz CT molecular complexity index is 579. The van der Waals surface area contributed by atoms with E-state index in [0.29, 0.717) is 5.92 Å². The smallest absolute Gasteiger partial charge is 0.153 e. The Morgan fingerprint density at radius 1 is 1.11 bits per heavy atom. The second-order valence-electron chi connectivity index (χ2n) is 4.45. The Balaban J connectivity index is 0.000000141. The van der Waals surface area contributed by atoms with Crippen molar-refractivity contribution in [2.24, 2.45) is 0 Å². The van der Waals surface area contributed by atoms with Gasteiger partial charge in [0.15, 0.2) is 5.82 Å². The number of para-hydroxylation sites is 1. The molecule has 0 aliphatic rings. The number of pyridine rings is 1. The molecule has 2 heterocycles. The minimum Gasteiger partial charge on any atom is -0.336 e. The van der Waals surface area contributed by atoms with Gasteiger partial charge in [-0.15, -0.1) is 10.2 Å². The first-order valence-electron chi connectivity index (χ1n) is 6.13. The molecule has 0 fully saturated rings. The zero-order valence-corrected chi connectivity index (χ0v) is 11.1. The van der Waals surface area contributed by atoms with E-state index in [2.05, 4.69) is 27.3 Å². The number of fused-ring (bicyclic) bond motifs is 1. The first-order chi connectivity index (χ1) is 9.18. The van der Waals surface area contributed by atoms with E-state index in [1.807, 2.05) is 44.3 Å². The van der Waals surface area contributed by atoms with Crippen molar-refractivity contribution in [1.82, 2.24) is 19.9 Å². The lowest BCUT2D eigenvalue weighted by molar-refractivity contribution is 0.731. The van der Waals surface area contributed by atoms with Crippen molar-refractivity contribution >= 4 is 10.9 Å². The van der Waals surface area contributed by atoms with E-state index in [4.69, 9.17) is 5.84 Å². The molecule has 2 N–H and O–H groups in total. The average Bonchev–Trinajstić information content (AvgIpc) is 2.86. The molecule has 0 bridgehead atoms. The third-order valence-electron chi connectivity index (χ3n) is 2.63. The molecule has 19 heavy (non-hydrogen) atoms. The predicted molar refractivity (Wildman–Crippen MR) is 76.0 cm³/mol. The summed E-state index contributed by atoms with van der Waals surface area (Å²) in [4.78, 5) is 4.18. The average molecular weight is 255 g/mol. The fourth-order valence-corrected chi connectivity index (χ4v) is 1.68. The molecule has 0 aliphatic carbocycles. The van der Waals surface area contributed by atoms with Crippen LogP contribution in [0.2, 0.25) is 0 Å². The Morgan fingerprint density at radius 2 is 1.84 bits per heavy atom. The van der Waals surface area contributed by atoms with E-state index in [1.54, 1.807) is 0 Å². The summed E-state index contributed by atoms with van der Waals surface area (Å²) in [6.07, 6.45) is 3.30. The highest BCUT2D eigenvalue weighted by Gasteiger charge is 2.04. The van der Waals surface area contributed by atoms with Crippen LogP contribution < -0.4 is 5.84 Å². The van der Waals surface area contributed by atoms with Gasteiger partial charge in [-0.3, -0.25) is 4.98 Å². The fraction of sp³-hybridized carbons (Fsp3) is 0.214. The predicted octanol–water partition coefficient (Wildman–Crippen LogP) is 2.35. The van der Waals surface area contributed by atoms with Crippen LogP contribution in [-0.2, 0) is 0 Å². The molecule has 2 aromatic heterocycles. The molecule has 3 aromatic rings. The van der Waals surface area contributed by atoms with Crippen LogP contribution in [-0.4, -0.2) is 19.9 Å². The Kier molecular flexibility index (Phi) is 4.07. The summed E-state index contributed by atoms with van der Waals surface area (Å²) in [5, 5.41) is 8.63. The number of rotatable bonds is 1. The van der Waals surface area contributed by atoms with Crippen molar-refractivity contribution in [1.29, 1.82) is 0 Å². The van der Waals surface area contributed by atoms with Gasteiger partial charge in [0, 0.05) is 17.5 Å². The van der Waals surface area contributed by atoms with Crippen molar-refractivity contribution in [2.75, 3.05) is 5.84 Å². The Hall–Kier alpha value is -2.43. The Labute approximate surface area is 112 Å². The van der Waals surface area contributed by atoms with E-state index < -0.39 is 0 Å². The van der Waals surface area contributed by atoms with Crippen LogP contribution in [0, 0.1) is 0 Å². The largest absolute Gasteiger partial charge is 0.336 e. The molecule has 0 aliphatic heterocycles. The van der Waals surface area contributed by atoms with Gasteiger partial charge in [-0.25, -0.2) is 4.68 Å². The van der Waals surface area contributed by atoms with Gasteiger partial charge in [-0.1, -0.05) is 38.1 Å². The number of nitrogens with zero attached hydrogens (tertiary/aromatic N) is 4. The van der Waals surface area contributed by atoms with Crippen LogP contribution in [0.5, 0.6) is 0 Å². The molecule has 0 saturated heterocycles. The molecular formula is C14H17N5. The van der Waals surface area contributed by atoms with Crippen LogP contribution >= 0.6 is 0 Å². The molecule has 0 atom stereocenters. The maximum Gasteiger partial charge on any atom is 0.153 e. The number of nitrogen functional groups attached to an aromatic ring is 1. The molecular weight excluding hydrogens is 238 g/mol. The van der Waals surface area contributed by atoms with Gasteiger partial charge in [0.05, 0.1) is 5.52 Å². The van der Waals surface area contributed by atoms with Crippen LogP contribution in [0.15, 0.2) is 48.9 Å². The molecule has 5 heteroatoms. The van der Waals surface area contributed by atoms with Gasteiger partial charge in [-0.05, 0) is 12.1 Å². The van der Waals surface area contributed by atoms with Crippen molar-refractivity contribution in [3.8, 4) is 0 Å². The molecule has 5 nitrogen and oxygen atoms in total. The van der Waals surface area contributed by atoms with Gasteiger partial charge in [0.25, 0.3) is 0 Å². The van der Waals surface area contributed by atoms with Gasteiger partial charge in [0.2, 0.25) is 0 Å². The maximum atomic E-state index is 5.43. The van der Waals surface area contributed by atoms with E-state index in [0.717, 1.165) is 11.3 Å². The molecule has 0 saturated carbocycles. The topological polar surface area (TPSA) is 69.6 Å². The first-order valence-corrected chi connectivity index (χ1v) is 6.13. The molecule has 0 spiro atoms. The van der Waals surface area contributed by atoms with E-state index in [-0.39, 0.29) is 0 Å². The van der Waals surface area contributed by atoms with Crippen molar-refractivity contribution in [3.63, 3.8) is 0 Å². The van der Waals surface area contributed by atoms with Gasteiger partial charge >= 0.3 is 0 Å². The minimum absolute atomic E-state index is 0.345. The molecule has 0 amide bonds. The summed E-state index contributed by atoms with van der Waals surface area (Å²) >= 11 is 0. The van der Waals surface area contributed by atoms with Crippen LogP contribution in [0.4, 0.5) is 0 Å². The Morgan fingerprint density at radius 3 is 2.42 bits per heavy atom. The third kappa shape index (κ3) is 3.28. The zero-order valence-electron chi connectivity index (χ0n) is 11.1. The van der Waals surface area contributed by atoms with Gasteiger partial charge in [0.1, 0.15) is 6.33 Å². The lowest BCUT2D eigenvalue weighted by atomic mass is 10.2. The van der Waals surface area contributed by atoms with Crippen molar-refractivity contribution in [2.45, 2.75) is 19.8 Å². The van der Waals surface area contributed by atoms with E-state index in [9.17, 15) is 0 Å². The number of aromatic nitrogens is 4. The monoisotopic (exact) mass is 255 g/mol. The zero-order chi connectivity index (χ0) is 13.7. The summed E-state index contributed by atoms with van der Waals surface area (Å²) in [5.41, 5.74) is 1.06. The lowest BCUT2D eigenvalue weighted by Crippen LogP contribution is -2.12. The van der Waals surface area contributed by atoms with Crippen LogP contribution in [0.3, 0.4) is 0 Å². The number of nitrogens with two attached hydrogens (primary N) is 1. The summed E-state index contributed by atoms with van der Waals surface area (Å²) in [6, 6.07) is 12.1. The summed E-state index contributed by atoms with van der Waals surface area (Å²) in [7, 11) is 0. The highest BCUT2D eigenvalue weighted by atomic mass is 15.4. The van der Waals surface area contributed by atoms with Gasteiger partial charge < -0.3 is 5.84 Å². The highest BCUT2D eigenvalue weighted by Crippen LogP contribution is 2.08.